The second-order valence-electron chi connectivity index (χ2n) is 6.31. The minimum absolute atomic E-state index is 0.277. The van der Waals surface area contributed by atoms with Gasteiger partial charge in [-0.3, -0.25) is 0 Å². The van der Waals surface area contributed by atoms with Crippen LogP contribution in [0.3, 0.4) is 0 Å². The molecule has 0 heterocycles. The number of carbonyl (C=O) groups excluding carboxylic acids is 1. The number of ether oxygens (including phenoxy) is 1. The summed E-state index contributed by atoms with van der Waals surface area (Å²) in [7, 11) is 0. The van der Waals surface area contributed by atoms with Crippen LogP contribution >= 0.6 is 0 Å². The van der Waals surface area contributed by atoms with Gasteiger partial charge in [-0.2, -0.15) is 0 Å². The molecule has 1 amide bonds. The van der Waals surface area contributed by atoms with Crippen LogP contribution in [0, 0.1) is 11.8 Å². The molecule has 0 aromatic heterocycles. The second-order valence-corrected chi connectivity index (χ2v) is 6.31. The molecule has 1 fully saturated rings. The van der Waals surface area contributed by atoms with Crippen LogP contribution in [0.5, 0.6) is 0 Å². The van der Waals surface area contributed by atoms with Crippen molar-refractivity contribution in [2.24, 2.45) is 11.8 Å². The highest BCUT2D eigenvalue weighted by molar-refractivity contribution is 5.68. The summed E-state index contributed by atoms with van der Waals surface area (Å²) in [4.78, 5) is 11.5. The lowest BCUT2D eigenvalue weighted by Gasteiger charge is -2.37. The van der Waals surface area contributed by atoms with Crippen LogP contribution in [-0.2, 0) is 4.74 Å². The van der Waals surface area contributed by atoms with E-state index in [9.17, 15) is 4.79 Å². The molecule has 3 nitrogen and oxygen atoms in total. The van der Waals surface area contributed by atoms with Gasteiger partial charge in [-0.05, 0) is 51.9 Å². The zero-order chi connectivity index (χ0) is 12.3. The van der Waals surface area contributed by atoms with E-state index in [1.165, 1.54) is 6.42 Å². The van der Waals surface area contributed by atoms with Crippen molar-refractivity contribution in [1.82, 2.24) is 5.32 Å². The van der Waals surface area contributed by atoms with Crippen LogP contribution in [-0.4, -0.2) is 17.7 Å². The van der Waals surface area contributed by atoms with Gasteiger partial charge >= 0.3 is 6.09 Å². The van der Waals surface area contributed by atoms with Gasteiger partial charge in [0.05, 0.1) is 0 Å². The minimum atomic E-state index is -0.398. The smallest absolute Gasteiger partial charge is 0.407 e. The molecule has 94 valence electrons. The maximum absolute atomic E-state index is 11.5. The maximum atomic E-state index is 11.5. The molecule has 1 saturated carbocycles. The molecule has 0 aliphatic heterocycles. The Bertz CT molecular complexity index is 237. The summed E-state index contributed by atoms with van der Waals surface area (Å²) in [6.45, 7) is 10.1. The third kappa shape index (κ3) is 4.86. The van der Waals surface area contributed by atoms with Crippen molar-refractivity contribution in [3.63, 3.8) is 0 Å². The van der Waals surface area contributed by atoms with Gasteiger partial charge in [0.15, 0.2) is 0 Å². The quantitative estimate of drug-likeness (QED) is 0.803. The van der Waals surface area contributed by atoms with Gasteiger partial charge in [0.2, 0.25) is 0 Å². The van der Waals surface area contributed by atoms with Crippen LogP contribution in [0.2, 0.25) is 0 Å². The molecule has 1 aliphatic carbocycles. The van der Waals surface area contributed by atoms with Gasteiger partial charge in [0, 0.05) is 6.04 Å². The monoisotopic (exact) mass is 227 g/mol. The molecule has 0 spiro atoms. The Kier molecular flexibility index (Phi) is 4.22. The Labute approximate surface area is 98.9 Å². The van der Waals surface area contributed by atoms with Gasteiger partial charge < -0.3 is 10.1 Å². The van der Waals surface area contributed by atoms with E-state index in [0.29, 0.717) is 6.04 Å². The normalized spacial score (nSPS) is 25.1. The first-order valence-corrected chi connectivity index (χ1v) is 6.26. The number of hydrogen-bond acceptors (Lipinski definition) is 2. The summed E-state index contributed by atoms with van der Waals surface area (Å²) in [5.41, 5.74) is -0.398. The number of nitrogens with one attached hydrogen (secondary N) is 1. The van der Waals surface area contributed by atoms with Crippen molar-refractivity contribution in [2.45, 2.75) is 65.5 Å². The Hall–Kier alpha value is -0.730. The fourth-order valence-corrected chi connectivity index (χ4v) is 2.19. The lowest BCUT2D eigenvalue weighted by molar-refractivity contribution is 0.0445. The van der Waals surface area contributed by atoms with Gasteiger partial charge in [-0.1, -0.05) is 13.8 Å². The molecular weight excluding hydrogens is 202 g/mol. The second kappa shape index (κ2) is 5.07. The molecule has 0 atom stereocenters. The van der Waals surface area contributed by atoms with E-state index in [2.05, 4.69) is 19.2 Å². The van der Waals surface area contributed by atoms with Gasteiger partial charge in [-0.25, -0.2) is 4.79 Å². The number of carbonyl (C=O) groups is 1. The molecule has 0 bridgehead atoms. The van der Waals surface area contributed by atoms with E-state index in [1.54, 1.807) is 0 Å². The highest BCUT2D eigenvalue weighted by Gasteiger charge is 2.31. The molecule has 0 aromatic carbocycles. The van der Waals surface area contributed by atoms with Crippen LogP contribution in [0.4, 0.5) is 4.79 Å². The fraction of sp³-hybridized carbons (Fsp3) is 0.923. The SMILES string of the molecule is CC(C)C[C@H]1C[C@@H](NC(=O)OC(C)(C)C)C1. The van der Waals surface area contributed by atoms with E-state index in [4.69, 9.17) is 4.74 Å². The van der Waals surface area contributed by atoms with Gasteiger partial charge in [-0.15, -0.1) is 0 Å². The molecule has 16 heavy (non-hydrogen) atoms. The number of amides is 1. The highest BCUT2D eigenvalue weighted by Crippen LogP contribution is 2.32. The average molecular weight is 227 g/mol. The molecule has 1 N–H and O–H groups in total. The third-order valence-corrected chi connectivity index (χ3v) is 2.76. The predicted molar refractivity (Wildman–Crippen MR) is 65.3 cm³/mol. The van der Waals surface area contributed by atoms with E-state index in [0.717, 1.165) is 24.7 Å². The zero-order valence-electron chi connectivity index (χ0n) is 11.2. The predicted octanol–water partition coefficient (Wildman–Crippen LogP) is 3.34. The first kappa shape index (κ1) is 13.3. The summed E-state index contributed by atoms with van der Waals surface area (Å²) in [5, 5.41) is 2.91. The summed E-state index contributed by atoms with van der Waals surface area (Å²) in [6.07, 6.45) is 3.21. The molecule has 0 aromatic rings. The van der Waals surface area contributed by atoms with Crippen LogP contribution < -0.4 is 5.32 Å². The summed E-state index contributed by atoms with van der Waals surface area (Å²) >= 11 is 0. The van der Waals surface area contributed by atoms with Crippen molar-refractivity contribution >= 4 is 6.09 Å². The van der Waals surface area contributed by atoms with E-state index in [1.807, 2.05) is 20.8 Å². The summed E-state index contributed by atoms with van der Waals surface area (Å²) < 4.78 is 5.21. The Morgan fingerprint density at radius 2 is 1.94 bits per heavy atom. The van der Waals surface area contributed by atoms with E-state index >= 15 is 0 Å². The topological polar surface area (TPSA) is 38.3 Å². The molecule has 3 heteroatoms. The first-order chi connectivity index (χ1) is 7.26. The Morgan fingerprint density at radius 1 is 1.38 bits per heavy atom. The van der Waals surface area contributed by atoms with Crippen LogP contribution in [0.25, 0.3) is 0 Å². The number of alkyl carbamates (subject to hydrolysis) is 1. The van der Waals surface area contributed by atoms with Gasteiger partial charge in [0.1, 0.15) is 5.60 Å². The highest BCUT2D eigenvalue weighted by atomic mass is 16.6. The summed E-state index contributed by atoms with van der Waals surface area (Å²) in [6, 6.07) is 0.332. The molecule has 0 saturated heterocycles. The van der Waals surface area contributed by atoms with Crippen molar-refractivity contribution < 1.29 is 9.53 Å². The average Bonchev–Trinajstić information content (AvgIpc) is 1.95. The maximum Gasteiger partial charge on any atom is 0.407 e. The van der Waals surface area contributed by atoms with Crippen molar-refractivity contribution in [2.75, 3.05) is 0 Å². The Morgan fingerprint density at radius 3 is 2.38 bits per heavy atom. The lowest BCUT2D eigenvalue weighted by atomic mass is 9.76. The van der Waals surface area contributed by atoms with E-state index < -0.39 is 5.60 Å². The largest absolute Gasteiger partial charge is 0.444 e. The fourth-order valence-electron chi connectivity index (χ4n) is 2.19. The van der Waals surface area contributed by atoms with Crippen LogP contribution in [0.15, 0.2) is 0 Å². The van der Waals surface area contributed by atoms with Crippen LogP contribution in [0.1, 0.15) is 53.9 Å². The van der Waals surface area contributed by atoms with E-state index in [-0.39, 0.29) is 6.09 Å². The molecule has 1 aliphatic rings. The minimum Gasteiger partial charge on any atom is -0.444 e. The number of rotatable bonds is 3. The van der Waals surface area contributed by atoms with Crippen molar-refractivity contribution in [1.29, 1.82) is 0 Å². The zero-order valence-corrected chi connectivity index (χ0v) is 11.2. The molecular formula is C13H25NO2. The molecule has 0 unspecified atom stereocenters. The molecule has 1 rings (SSSR count). The summed E-state index contributed by atoms with van der Waals surface area (Å²) in [5.74, 6) is 1.55. The third-order valence-electron chi connectivity index (χ3n) is 2.76. The first-order valence-electron chi connectivity index (χ1n) is 6.26. The van der Waals surface area contributed by atoms with Crippen molar-refractivity contribution in [3.8, 4) is 0 Å². The number of hydrogen-bond donors (Lipinski definition) is 1. The van der Waals surface area contributed by atoms with Gasteiger partial charge in [0.25, 0.3) is 0 Å². The standard InChI is InChI=1S/C13H25NO2/c1-9(2)6-10-7-11(8-10)14-12(15)16-13(3,4)5/h9-11H,6-8H2,1-5H3,(H,14,15)/t10-,11+. The Balaban J connectivity index is 2.15. The van der Waals surface area contributed by atoms with Crippen molar-refractivity contribution in [3.05, 3.63) is 0 Å². The lowest BCUT2D eigenvalue weighted by Crippen LogP contribution is -2.46. The molecule has 0 radical (unpaired) electrons.